The van der Waals surface area contributed by atoms with Gasteiger partial charge in [-0.1, -0.05) is 60.7 Å². The highest BCUT2D eigenvalue weighted by molar-refractivity contribution is 7.87. The Bertz CT molecular complexity index is 693. The number of amides is 1. The molecule has 116 valence electrons. The van der Waals surface area contributed by atoms with Crippen molar-refractivity contribution in [1.29, 1.82) is 0 Å². The van der Waals surface area contributed by atoms with Gasteiger partial charge in [0, 0.05) is 7.05 Å². The van der Waals surface area contributed by atoms with Gasteiger partial charge in [0.15, 0.2) is 0 Å². The van der Waals surface area contributed by atoms with E-state index in [2.05, 4.69) is 0 Å². The van der Waals surface area contributed by atoms with Crippen LogP contribution < -0.4 is 4.72 Å². The van der Waals surface area contributed by atoms with E-state index in [1.54, 1.807) is 53.3 Å². The second kappa shape index (κ2) is 6.59. The Morgan fingerprint density at radius 3 is 1.77 bits per heavy atom. The fraction of sp³-hybridized carbons (Fsp3) is 0.133. The maximum absolute atomic E-state index is 12.2. The molecule has 0 bridgehead atoms. The lowest BCUT2D eigenvalue weighted by molar-refractivity contribution is 0.200. The third kappa shape index (κ3) is 3.63. The summed E-state index contributed by atoms with van der Waals surface area (Å²) >= 11 is 0. The molecule has 0 aromatic heterocycles. The van der Waals surface area contributed by atoms with E-state index in [-0.39, 0.29) is 0 Å². The van der Waals surface area contributed by atoms with E-state index in [4.69, 9.17) is 5.11 Å². The van der Waals surface area contributed by atoms with Crippen LogP contribution in [0.2, 0.25) is 0 Å². The molecule has 0 unspecified atom stereocenters. The van der Waals surface area contributed by atoms with Crippen molar-refractivity contribution in [3.05, 3.63) is 71.8 Å². The van der Waals surface area contributed by atoms with Crippen LogP contribution in [0.3, 0.4) is 0 Å². The van der Waals surface area contributed by atoms with Gasteiger partial charge in [0.2, 0.25) is 0 Å². The van der Waals surface area contributed by atoms with Crippen LogP contribution in [-0.2, 0) is 10.2 Å². The highest BCUT2D eigenvalue weighted by Gasteiger charge is 2.30. The molecule has 0 aliphatic rings. The van der Waals surface area contributed by atoms with Gasteiger partial charge in [0.1, 0.15) is 0 Å². The van der Waals surface area contributed by atoms with E-state index in [0.29, 0.717) is 0 Å². The second-order valence-electron chi connectivity index (χ2n) is 4.65. The average Bonchev–Trinajstić information content (AvgIpc) is 2.48. The van der Waals surface area contributed by atoms with Gasteiger partial charge in [-0.25, -0.2) is 9.52 Å². The first kappa shape index (κ1) is 16.0. The smallest absolute Gasteiger partial charge is 0.419 e. The van der Waals surface area contributed by atoms with Gasteiger partial charge in [-0.3, -0.25) is 0 Å². The van der Waals surface area contributed by atoms with Gasteiger partial charge in [-0.2, -0.15) is 12.7 Å². The average molecular weight is 320 g/mol. The third-order valence-electron chi connectivity index (χ3n) is 3.19. The van der Waals surface area contributed by atoms with E-state index in [1.165, 1.54) is 7.05 Å². The molecular weight excluding hydrogens is 304 g/mol. The molecule has 2 rings (SSSR count). The number of nitrogens with one attached hydrogen (secondary N) is 1. The van der Waals surface area contributed by atoms with E-state index in [1.807, 2.05) is 12.1 Å². The molecule has 2 aromatic carbocycles. The first-order valence-corrected chi connectivity index (χ1v) is 7.94. The highest BCUT2D eigenvalue weighted by Crippen LogP contribution is 2.28. The number of rotatable bonds is 5. The molecule has 6 nitrogen and oxygen atoms in total. The number of nitrogens with zero attached hydrogens (tertiary/aromatic N) is 1. The van der Waals surface area contributed by atoms with Crippen LogP contribution in [-0.4, -0.2) is 31.0 Å². The van der Waals surface area contributed by atoms with Crippen LogP contribution in [0.5, 0.6) is 0 Å². The SMILES string of the molecule is CN(C(c1ccccc1)c1ccccc1)S(=O)(=O)NC(=O)O. The number of carboxylic acid groups (broad SMARTS) is 1. The van der Waals surface area contributed by atoms with Crippen molar-refractivity contribution < 1.29 is 18.3 Å². The Morgan fingerprint density at radius 1 is 1.00 bits per heavy atom. The maximum Gasteiger partial charge on any atom is 0.419 e. The summed E-state index contributed by atoms with van der Waals surface area (Å²) in [6.07, 6.45) is -1.62. The predicted octanol–water partition coefficient (Wildman–Crippen LogP) is 2.22. The van der Waals surface area contributed by atoms with E-state index in [0.717, 1.165) is 15.4 Å². The maximum atomic E-state index is 12.2. The molecule has 2 aromatic rings. The molecule has 7 heteroatoms. The molecule has 0 spiro atoms. The zero-order chi connectivity index (χ0) is 16.2. The van der Waals surface area contributed by atoms with Gasteiger partial charge < -0.3 is 5.11 Å². The van der Waals surface area contributed by atoms with E-state index >= 15 is 0 Å². The molecule has 2 N–H and O–H groups in total. The lowest BCUT2D eigenvalue weighted by atomic mass is 9.99. The molecule has 0 aliphatic carbocycles. The van der Waals surface area contributed by atoms with Crippen molar-refractivity contribution in [2.45, 2.75) is 6.04 Å². The minimum Gasteiger partial charge on any atom is -0.464 e. The Morgan fingerprint density at radius 2 is 1.41 bits per heavy atom. The summed E-state index contributed by atoms with van der Waals surface area (Å²) < 4.78 is 26.9. The summed E-state index contributed by atoms with van der Waals surface area (Å²) in [4.78, 5) is 10.7. The summed E-state index contributed by atoms with van der Waals surface area (Å²) in [5, 5.41) is 8.70. The van der Waals surface area contributed by atoms with E-state index < -0.39 is 22.3 Å². The number of carbonyl (C=O) groups is 1. The van der Waals surface area contributed by atoms with Crippen LogP contribution in [0.15, 0.2) is 60.7 Å². The molecule has 0 atom stereocenters. The van der Waals surface area contributed by atoms with Crippen molar-refractivity contribution in [3.8, 4) is 0 Å². The Balaban J connectivity index is 2.48. The first-order valence-electron chi connectivity index (χ1n) is 6.50. The molecule has 0 saturated heterocycles. The standard InChI is InChI=1S/C15H16N2O4S/c1-17(22(20,21)16-15(18)19)14(12-8-4-2-5-9-12)13-10-6-3-7-11-13/h2-11,14,16H,1H3,(H,18,19). The Kier molecular flexibility index (Phi) is 4.79. The van der Waals surface area contributed by atoms with Crippen LogP contribution in [0.25, 0.3) is 0 Å². The van der Waals surface area contributed by atoms with Gasteiger partial charge in [0.25, 0.3) is 0 Å². The summed E-state index contributed by atoms with van der Waals surface area (Å²) in [5.74, 6) is 0. The lowest BCUT2D eigenvalue weighted by Crippen LogP contribution is -2.42. The summed E-state index contributed by atoms with van der Waals surface area (Å²) in [6.45, 7) is 0. The molecule has 0 aliphatic heterocycles. The third-order valence-corrected chi connectivity index (χ3v) is 4.59. The van der Waals surface area contributed by atoms with Crippen molar-refractivity contribution >= 4 is 16.3 Å². The van der Waals surface area contributed by atoms with E-state index in [9.17, 15) is 13.2 Å². The van der Waals surface area contributed by atoms with Gasteiger partial charge in [0.05, 0.1) is 6.04 Å². The molecule has 0 radical (unpaired) electrons. The van der Waals surface area contributed by atoms with Crippen molar-refractivity contribution in [3.63, 3.8) is 0 Å². The van der Waals surface area contributed by atoms with Crippen LogP contribution in [0, 0.1) is 0 Å². The molecule has 22 heavy (non-hydrogen) atoms. The highest BCUT2D eigenvalue weighted by atomic mass is 32.2. The van der Waals surface area contributed by atoms with Crippen LogP contribution in [0.4, 0.5) is 4.79 Å². The normalized spacial score (nSPS) is 11.6. The van der Waals surface area contributed by atoms with Crippen LogP contribution >= 0.6 is 0 Å². The number of hydrogen-bond donors (Lipinski definition) is 2. The van der Waals surface area contributed by atoms with Crippen molar-refractivity contribution in [1.82, 2.24) is 9.03 Å². The molecular formula is C15H16N2O4S. The molecule has 1 amide bonds. The first-order chi connectivity index (χ1) is 10.4. The number of benzene rings is 2. The Labute approximate surface area is 129 Å². The number of hydrogen-bond acceptors (Lipinski definition) is 3. The van der Waals surface area contributed by atoms with Gasteiger partial charge in [-0.05, 0) is 11.1 Å². The second-order valence-corrected chi connectivity index (χ2v) is 6.38. The Hall–Kier alpha value is -2.38. The molecule has 0 fully saturated rings. The minimum atomic E-state index is -4.17. The molecule has 0 heterocycles. The predicted molar refractivity (Wildman–Crippen MR) is 82.6 cm³/mol. The fourth-order valence-corrected chi connectivity index (χ4v) is 3.09. The minimum absolute atomic E-state index is 0.626. The topological polar surface area (TPSA) is 86.7 Å². The lowest BCUT2D eigenvalue weighted by Gasteiger charge is -2.27. The summed E-state index contributed by atoms with van der Waals surface area (Å²) in [5.41, 5.74) is 1.49. The van der Waals surface area contributed by atoms with Gasteiger partial charge >= 0.3 is 16.3 Å². The monoisotopic (exact) mass is 320 g/mol. The van der Waals surface area contributed by atoms with Crippen molar-refractivity contribution in [2.24, 2.45) is 0 Å². The van der Waals surface area contributed by atoms with Crippen molar-refractivity contribution in [2.75, 3.05) is 7.05 Å². The summed E-state index contributed by atoms with van der Waals surface area (Å²) in [6, 6.07) is 17.4. The summed E-state index contributed by atoms with van der Waals surface area (Å²) in [7, 11) is -2.83. The zero-order valence-corrected chi connectivity index (χ0v) is 12.7. The zero-order valence-electron chi connectivity index (χ0n) is 11.9. The quantitative estimate of drug-likeness (QED) is 0.884. The fourth-order valence-electron chi connectivity index (χ4n) is 2.20. The van der Waals surface area contributed by atoms with Crippen LogP contribution in [0.1, 0.15) is 17.2 Å². The molecule has 0 saturated carbocycles. The van der Waals surface area contributed by atoms with Gasteiger partial charge in [-0.15, -0.1) is 0 Å². The largest absolute Gasteiger partial charge is 0.464 e.